The highest BCUT2D eigenvalue weighted by molar-refractivity contribution is 7.80. The largest absolute Gasteiger partial charge is 0.372 e. The van der Waals surface area contributed by atoms with E-state index < -0.39 is 18.4 Å². The van der Waals surface area contributed by atoms with Gasteiger partial charge in [-0.15, -0.1) is 0 Å². The summed E-state index contributed by atoms with van der Waals surface area (Å²) >= 11 is 4.63. The average molecular weight is 431 g/mol. The number of ether oxygens (including phenoxy) is 1. The van der Waals surface area contributed by atoms with Crippen molar-refractivity contribution in [2.24, 2.45) is 23.7 Å². The summed E-state index contributed by atoms with van der Waals surface area (Å²) in [6.45, 7) is 4.20. The minimum Gasteiger partial charge on any atom is -0.372 e. The Kier molecular flexibility index (Phi) is 9.61. The highest BCUT2D eigenvalue weighted by Crippen LogP contribution is 2.46. The van der Waals surface area contributed by atoms with E-state index in [1.54, 1.807) is 0 Å². The third kappa shape index (κ3) is 6.57. The van der Waals surface area contributed by atoms with Crippen molar-refractivity contribution in [3.05, 3.63) is 0 Å². The maximum absolute atomic E-state index is 15.1. The first-order valence-corrected chi connectivity index (χ1v) is 13.1. The van der Waals surface area contributed by atoms with Crippen LogP contribution in [0.5, 0.6) is 0 Å². The van der Waals surface area contributed by atoms with Crippen LogP contribution in [0.3, 0.4) is 0 Å². The first kappa shape index (κ1) is 23.8. The van der Waals surface area contributed by atoms with Gasteiger partial charge in [0.15, 0.2) is 6.17 Å². The number of unbranched alkanes of at least 4 members (excludes halogenated alkanes) is 2. The molecule has 0 aromatic rings. The quantitative estimate of drug-likeness (QED) is 0.306. The Hall–Kier alpha value is 0.170. The minimum absolute atomic E-state index is 0.0383. The summed E-state index contributed by atoms with van der Waals surface area (Å²) in [5.74, 6) is 1.96. The molecule has 29 heavy (non-hydrogen) atoms. The summed E-state index contributed by atoms with van der Waals surface area (Å²) in [5.41, 5.74) is 0. The summed E-state index contributed by atoms with van der Waals surface area (Å²) in [4.78, 5) is 0. The van der Waals surface area contributed by atoms with Gasteiger partial charge in [0.25, 0.3) is 0 Å². The maximum Gasteiger partial charge on any atom is 0.157 e. The molecule has 170 valence electrons. The zero-order chi connectivity index (χ0) is 20.8. The van der Waals surface area contributed by atoms with Crippen molar-refractivity contribution in [1.29, 1.82) is 0 Å². The van der Waals surface area contributed by atoms with Gasteiger partial charge in [-0.05, 0) is 101 Å². The summed E-state index contributed by atoms with van der Waals surface area (Å²) < 4.78 is 35.9. The molecule has 0 amide bonds. The minimum atomic E-state index is -1.44. The molecule has 3 saturated carbocycles. The molecule has 0 radical (unpaired) electrons. The molecule has 4 heteroatoms. The van der Waals surface area contributed by atoms with Gasteiger partial charge in [0.05, 0.1) is 12.2 Å². The van der Waals surface area contributed by atoms with Crippen molar-refractivity contribution in [3.63, 3.8) is 0 Å². The number of thiol groups is 1. The predicted molar refractivity (Wildman–Crippen MR) is 121 cm³/mol. The van der Waals surface area contributed by atoms with E-state index in [2.05, 4.69) is 19.6 Å². The van der Waals surface area contributed by atoms with Crippen molar-refractivity contribution in [1.82, 2.24) is 0 Å². The lowest BCUT2D eigenvalue weighted by Gasteiger charge is -2.43. The normalized spacial score (nSPS) is 42.5. The second kappa shape index (κ2) is 11.7. The predicted octanol–water partition coefficient (Wildman–Crippen LogP) is 7.72. The summed E-state index contributed by atoms with van der Waals surface area (Å²) in [5, 5.41) is 0.600. The van der Waals surface area contributed by atoms with Crippen LogP contribution in [0.2, 0.25) is 0 Å². The van der Waals surface area contributed by atoms with Gasteiger partial charge in [-0.2, -0.15) is 12.6 Å². The molecule has 0 aromatic carbocycles. The molecular formula is C25H44F2OS. The molecule has 0 heterocycles. The van der Waals surface area contributed by atoms with Gasteiger partial charge in [0.2, 0.25) is 0 Å². The van der Waals surface area contributed by atoms with Crippen LogP contribution in [0.25, 0.3) is 0 Å². The third-order valence-electron chi connectivity index (χ3n) is 8.30. The number of hydrogen-bond acceptors (Lipinski definition) is 2. The molecule has 1 nitrogen and oxygen atoms in total. The van der Waals surface area contributed by atoms with Gasteiger partial charge in [-0.3, -0.25) is 0 Å². The summed E-state index contributed by atoms with van der Waals surface area (Å²) in [6.07, 6.45) is 12.4. The Morgan fingerprint density at radius 1 is 0.793 bits per heavy atom. The maximum atomic E-state index is 15.1. The van der Waals surface area contributed by atoms with E-state index in [4.69, 9.17) is 4.74 Å². The molecule has 5 unspecified atom stereocenters. The highest BCUT2D eigenvalue weighted by atomic mass is 32.1. The van der Waals surface area contributed by atoms with Crippen LogP contribution < -0.4 is 0 Å². The first-order valence-electron chi connectivity index (χ1n) is 12.6. The zero-order valence-electron chi connectivity index (χ0n) is 18.7. The molecule has 3 aliphatic rings. The van der Waals surface area contributed by atoms with E-state index in [1.807, 2.05) is 6.92 Å². The fourth-order valence-corrected chi connectivity index (χ4v) is 6.72. The van der Waals surface area contributed by atoms with Crippen molar-refractivity contribution in [2.75, 3.05) is 0 Å². The van der Waals surface area contributed by atoms with Crippen LogP contribution in [-0.4, -0.2) is 29.8 Å². The molecule has 0 saturated heterocycles. The smallest absolute Gasteiger partial charge is 0.157 e. The Labute approximate surface area is 183 Å². The van der Waals surface area contributed by atoms with Gasteiger partial charge in [0.1, 0.15) is 6.17 Å². The second-order valence-corrected chi connectivity index (χ2v) is 11.1. The van der Waals surface area contributed by atoms with E-state index in [9.17, 15) is 4.39 Å². The van der Waals surface area contributed by atoms with E-state index in [-0.39, 0.29) is 12.0 Å². The Morgan fingerprint density at radius 2 is 1.38 bits per heavy atom. The van der Waals surface area contributed by atoms with Crippen LogP contribution in [0.15, 0.2) is 0 Å². The molecular weight excluding hydrogens is 386 g/mol. The van der Waals surface area contributed by atoms with E-state index in [0.717, 1.165) is 43.9 Å². The van der Waals surface area contributed by atoms with Crippen molar-refractivity contribution >= 4 is 12.6 Å². The lowest BCUT2D eigenvalue weighted by molar-refractivity contribution is -0.111. The van der Waals surface area contributed by atoms with Gasteiger partial charge in [-0.25, -0.2) is 8.78 Å². The second-order valence-electron chi connectivity index (χ2n) is 10.4. The number of halogens is 2. The lowest BCUT2D eigenvalue weighted by Crippen LogP contribution is -2.46. The van der Waals surface area contributed by atoms with Crippen LogP contribution in [-0.2, 0) is 4.74 Å². The summed E-state index contributed by atoms with van der Waals surface area (Å²) in [7, 11) is 0. The van der Waals surface area contributed by atoms with Gasteiger partial charge < -0.3 is 4.74 Å². The van der Waals surface area contributed by atoms with Crippen LogP contribution in [0.1, 0.15) is 104 Å². The fraction of sp³-hybridized carbons (Fsp3) is 1.00. The number of rotatable bonds is 8. The standard InChI is InChI=1S/C25H44F2OS/c1-3-4-5-6-17(2)28-23-16-15-22(24(26)25(23)27)20-9-7-18(8-10-20)19-11-13-21(29)14-12-19/h17-25,29H,3-16H2,1-2H3. The average Bonchev–Trinajstić information content (AvgIpc) is 2.73. The van der Waals surface area contributed by atoms with Crippen LogP contribution >= 0.6 is 12.6 Å². The van der Waals surface area contributed by atoms with E-state index in [1.165, 1.54) is 51.4 Å². The van der Waals surface area contributed by atoms with Gasteiger partial charge in [-0.1, -0.05) is 26.2 Å². The first-order chi connectivity index (χ1) is 14.0. The molecule has 0 aromatic heterocycles. The van der Waals surface area contributed by atoms with Crippen LogP contribution in [0.4, 0.5) is 8.78 Å². The van der Waals surface area contributed by atoms with Gasteiger partial charge in [0, 0.05) is 5.25 Å². The summed E-state index contributed by atoms with van der Waals surface area (Å²) in [6, 6.07) is 0. The molecule has 0 bridgehead atoms. The topological polar surface area (TPSA) is 9.23 Å². The molecule has 0 aliphatic heterocycles. The van der Waals surface area contributed by atoms with Crippen molar-refractivity contribution < 1.29 is 13.5 Å². The fourth-order valence-electron chi connectivity index (χ4n) is 6.42. The molecule has 3 rings (SSSR count). The Balaban J connectivity index is 1.42. The van der Waals surface area contributed by atoms with Crippen molar-refractivity contribution in [2.45, 2.75) is 134 Å². The molecule has 0 N–H and O–H groups in total. The lowest BCUT2D eigenvalue weighted by atomic mass is 9.65. The van der Waals surface area contributed by atoms with E-state index in [0.29, 0.717) is 17.6 Å². The molecule has 5 atom stereocenters. The number of hydrogen-bond donors (Lipinski definition) is 1. The third-order valence-corrected chi connectivity index (χ3v) is 8.82. The van der Waals surface area contributed by atoms with Crippen molar-refractivity contribution in [3.8, 4) is 0 Å². The molecule has 0 spiro atoms. The molecule has 3 fully saturated rings. The highest BCUT2D eigenvalue weighted by Gasteiger charge is 2.45. The van der Waals surface area contributed by atoms with Gasteiger partial charge >= 0.3 is 0 Å². The monoisotopic (exact) mass is 430 g/mol. The SMILES string of the molecule is CCCCCC(C)OC1CCC(C2CCC(C3CCC(S)CC3)CC2)C(F)C1F. The van der Waals surface area contributed by atoms with Crippen LogP contribution in [0, 0.1) is 23.7 Å². The molecule has 3 aliphatic carbocycles. The zero-order valence-corrected chi connectivity index (χ0v) is 19.6. The van der Waals surface area contributed by atoms with E-state index >= 15 is 4.39 Å². The Bertz CT molecular complexity index is 460. The Morgan fingerprint density at radius 3 is 2.00 bits per heavy atom. The number of alkyl halides is 2.